The van der Waals surface area contributed by atoms with E-state index in [1.165, 1.54) is 42.8 Å². The highest BCUT2D eigenvalue weighted by Gasteiger charge is 2.18. The van der Waals surface area contributed by atoms with Crippen molar-refractivity contribution in [3.63, 3.8) is 0 Å². The van der Waals surface area contributed by atoms with Crippen molar-refractivity contribution in [2.24, 2.45) is 44.0 Å². The number of hydrogen-bond donors (Lipinski definition) is 4. The lowest BCUT2D eigenvalue weighted by atomic mass is 9.90. The first kappa shape index (κ1) is 21.8. The van der Waals surface area contributed by atoms with E-state index < -0.39 is 0 Å². The first-order valence-electron chi connectivity index (χ1n) is 7.71. The van der Waals surface area contributed by atoms with E-state index >= 15 is 0 Å². The van der Waals surface area contributed by atoms with E-state index in [1.807, 2.05) is 0 Å². The van der Waals surface area contributed by atoms with Crippen LogP contribution in [0.25, 0.3) is 0 Å². The molecule has 1 atom stereocenters. The molecule has 0 fully saturated rings. The van der Waals surface area contributed by atoms with Gasteiger partial charge in [-0.25, -0.2) is 11.1 Å². The highest BCUT2D eigenvalue weighted by molar-refractivity contribution is 8.14. The number of hydrazone groups is 2. The Balaban J connectivity index is 4.68. The van der Waals surface area contributed by atoms with Gasteiger partial charge in [0.15, 0.2) is 0 Å². The lowest BCUT2D eigenvalue weighted by molar-refractivity contribution is 0.372. The molecule has 0 amide bonds. The zero-order valence-corrected chi connectivity index (χ0v) is 15.5. The number of thioether (sulfide) groups is 2. The summed E-state index contributed by atoms with van der Waals surface area (Å²) in [7, 11) is 0. The van der Waals surface area contributed by atoms with Crippen molar-refractivity contribution >= 4 is 33.9 Å². The lowest BCUT2D eigenvalue weighted by Crippen LogP contribution is -2.16. The minimum atomic E-state index is 0.277. The van der Waals surface area contributed by atoms with Gasteiger partial charge in [0.2, 0.25) is 10.3 Å². The number of rotatable bonds is 10. The van der Waals surface area contributed by atoms with Gasteiger partial charge in [0.05, 0.1) is 0 Å². The second kappa shape index (κ2) is 14.4. The van der Waals surface area contributed by atoms with Gasteiger partial charge in [-0.2, -0.15) is 10.2 Å². The summed E-state index contributed by atoms with van der Waals surface area (Å²) in [5, 5.41) is 14.1. The Morgan fingerprint density at radius 3 is 1.83 bits per heavy atom. The molecule has 23 heavy (non-hydrogen) atoms. The van der Waals surface area contributed by atoms with Crippen LogP contribution in [0.5, 0.6) is 0 Å². The molecule has 0 aliphatic rings. The predicted molar refractivity (Wildman–Crippen MR) is 99.9 cm³/mol. The number of nitrogens with one attached hydrogen (secondary N) is 2. The third kappa shape index (κ3) is 10.3. The van der Waals surface area contributed by atoms with Gasteiger partial charge in [-0.3, -0.25) is 0 Å². The maximum atomic E-state index is 7.02. The predicted octanol–water partition coefficient (Wildman–Crippen LogP) is 4.20. The first-order chi connectivity index (χ1) is 11.1. The zero-order chi connectivity index (χ0) is 17.5. The Morgan fingerprint density at radius 1 is 0.957 bits per heavy atom. The van der Waals surface area contributed by atoms with E-state index in [0.717, 1.165) is 24.3 Å². The van der Waals surface area contributed by atoms with Crippen molar-refractivity contribution in [3.05, 3.63) is 0 Å². The molecule has 0 aromatic heterocycles. The molecule has 0 bridgehead atoms. The minimum Gasteiger partial charge on any atom is -0.321 e. The Labute approximate surface area is 146 Å². The van der Waals surface area contributed by atoms with Crippen LogP contribution >= 0.6 is 23.5 Å². The SMILES string of the molecule is CCCCC(CC)CC(CSC(N=N)=NN)CSC(N=N)=NN. The molecule has 0 rings (SSSR count). The standard InChI is InChI=1S/C13H28N8S2/c1-3-5-6-10(4-2)7-11(8-22-12(18-14)19-15)9-23-13(20-16)21-17/h10-11,14,16H,3-9,15,17H2,1-2H3. The summed E-state index contributed by atoms with van der Waals surface area (Å²) < 4.78 is 0. The molecule has 0 radical (unpaired) electrons. The van der Waals surface area contributed by atoms with Gasteiger partial charge in [-0.05, 0) is 18.3 Å². The summed E-state index contributed by atoms with van der Waals surface area (Å²) in [6, 6.07) is 0. The van der Waals surface area contributed by atoms with Crippen molar-refractivity contribution in [3.8, 4) is 0 Å². The Kier molecular flexibility index (Phi) is 13.7. The summed E-state index contributed by atoms with van der Waals surface area (Å²) >= 11 is 2.76. The molecule has 1 unspecified atom stereocenters. The molecule has 8 nitrogen and oxygen atoms in total. The van der Waals surface area contributed by atoms with E-state index in [-0.39, 0.29) is 10.3 Å². The van der Waals surface area contributed by atoms with Gasteiger partial charge in [0, 0.05) is 11.5 Å². The highest BCUT2D eigenvalue weighted by atomic mass is 32.2. The number of hydrogen-bond acceptors (Lipinski definition) is 8. The number of nitrogens with two attached hydrogens (primary N) is 2. The van der Waals surface area contributed by atoms with E-state index in [2.05, 4.69) is 34.3 Å². The van der Waals surface area contributed by atoms with Gasteiger partial charge in [-0.15, -0.1) is 10.2 Å². The lowest BCUT2D eigenvalue weighted by Gasteiger charge is -2.22. The summed E-state index contributed by atoms with van der Waals surface area (Å²) in [5.41, 5.74) is 14.0. The van der Waals surface area contributed by atoms with Crippen LogP contribution in [-0.2, 0) is 0 Å². The maximum absolute atomic E-state index is 7.02. The van der Waals surface area contributed by atoms with Gasteiger partial charge in [0.1, 0.15) is 0 Å². The molecule has 0 aliphatic heterocycles. The van der Waals surface area contributed by atoms with Crippen LogP contribution in [0.1, 0.15) is 46.0 Å². The van der Waals surface area contributed by atoms with Crippen LogP contribution in [0.15, 0.2) is 20.4 Å². The van der Waals surface area contributed by atoms with Crippen LogP contribution < -0.4 is 11.7 Å². The summed E-state index contributed by atoms with van der Waals surface area (Å²) in [4.78, 5) is 0. The molecule has 0 aromatic carbocycles. The molecule has 10 heteroatoms. The van der Waals surface area contributed by atoms with Crippen molar-refractivity contribution in [1.29, 1.82) is 11.1 Å². The highest BCUT2D eigenvalue weighted by Crippen LogP contribution is 2.27. The van der Waals surface area contributed by atoms with Crippen LogP contribution in [0.2, 0.25) is 0 Å². The fraction of sp³-hybridized carbons (Fsp3) is 0.846. The van der Waals surface area contributed by atoms with Crippen molar-refractivity contribution in [2.45, 2.75) is 46.0 Å². The van der Waals surface area contributed by atoms with Crippen molar-refractivity contribution in [2.75, 3.05) is 11.5 Å². The minimum absolute atomic E-state index is 0.277. The van der Waals surface area contributed by atoms with E-state index in [9.17, 15) is 0 Å². The average molecular weight is 361 g/mol. The van der Waals surface area contributed by atoms with Gasteiger partial charge in [0.25, 0.3) is 0 Å². The quantitative estimate of drug-likeness (QED) is 0.152. The Morgan fingerprint density at radius 2 is 1.48 bits per heavy atom. The van der Waals surface area contributed by atoms with E-state index in [1.54, 1.807) is 0 Å². The van der Waals surface area contributed by atoms with Crippen LogP contribution in [0.3, 0.4) is 0 Å². The molecule has 0 aliphatic carbocycles. The van der Waals surface area contributed by atoms with Crippen LogP contribution in [0.4, 0.5) is 0 Å². The number of nitrogens with zero attached hydrogens (tertiary/aromatic N) is 4. The molecular formula is C13H28N8S2. The first-order valence-corrected chi connectivity index (χ1v) is 9.68. The fourth-order valence-electron chi connectivity index (χ4n) is 2.22. The van der Waals surface area contributed by atoms with Crippen molar-refractivity contribution in [1.82, 2.24) is 0 Å². The monoisotopic (exact) mass is 360 g/mol. The normalized spacial score (nSPS) is 15.2. The summed E-state index contributed by atoms with van der Waals surface area (Å²) in [6.45, 7) is 4.42. The number of unbranched alkanes of at least 4 members (excludes halogenated alkanes) is 1. The molecular weight excluding hydrogens is 332 g/mol. The molecule has 132 valence electrons. The topological polar surface area (TPSA) is 149 Å². The van der Waals surface area contributed by atoms with Crippen LogP contribution in [0, 0.1) is 22.9 Å². The Hall–Kier alpha value is -1.16. The summed E-state index contributed by atoms with van der Waals surface area (Å²) in [5.74, 6) is 13.0. The zero-order valence-electron chi connectivity index (χ0n) is 13.9. The molecule has 0 saturated carbocycles. The maximum Gasteiger partial charge on any atom is 0.226 e. The molecule has 0 heterocycles. The van der Waals surface area contributed by atoms with Crippen molar-refractivity contribution < 1.29 is 0 Å². The second-order valence-corrected chi connectivity index (χ2v) is 7.16. The van der Waals surface area contributed by atoms with E-state index in [0.29, 0.717) is 11.8 Å². The number of amidine groups is 2. The Bertz CT molecular complexity index is 371. The van der Waals surface area contributed by atoms with E-state index in [4.69, 9.17) is 22.7 Å². The average Bonchev–Trinajstić information content (AvgIpc) is 2.59. The molecule has 0 saturated heterocycles. The third-order valence-electron chi connectivity index (χ3n) is 3.52. The second-order valence-electron chi connectivity index (χ2n) is 5.19. The third-order valence-corrected chi connectivity index (χ3v) is 5.70. The molecule has 6 N–H and O–H groups in total. The fourth-order valence-corrected chi connectivity index (χ4v) is 3.92. The smallest absolute Gasteiger partial charge is 0.226 e. The molecule has 0 aromatic rings. The largest absolute Gasteiger partial charge is 0.321 e. The van der Waals surface area contributed by atoms with Gasteiger partial charge in [-0.1, -0.05) is 63.1 Å². The summed E-state index contributed by atoms with van der Waals surface area (Å²) in [6.07, 6.45) is 5.88. The molecule has 0 spiro atoms. The van der Waals surface area contributed by atoms with Gasteiger partial charge >= 0.3 is 0 Å². The van der Waals surface area contributed by atoms with Gasteiger partial charge < -0.3 is 11.7 Å². The van der Waals surface area contributed by atoms with Crippen LogP contribution in [-0.4, -0.2) is 21.8 Å².